The van der Waals surface area contributed by atoms with Gasteiger partial charge in [0.15, 0.2) is 0 Å². The summed E-state index contributed by atoms with van der Waals surface area (Å²) in [4.78, 5) is 0. The molecule has 0 radical (unpaired) electrons. The second kappa shape index (κ2) is 7.35. The number of hydrogen-bond acceptors (Lipinski definition) is 0. The predicted molar refractivity (Wildman–Crippen MR) is 75.7 cm³/mol. The summed E-state index contributed by atoms with van der Waals surface area (Å²) in [5, 5.41) is 0. The molecule has 0 fully saturated rings. The molecule has 0 aliphatic carbocycles. The van der Waals surface area contributed by atoms with E-state index in [-0.39, 0.29) is 0 Å². The van der Waals surface area contributed by atoms with Gasteiger partial charge in [-0.3, -0.25) is 0 Å². The van der Waals surface area contributed by atoms with E-state index in [2.05, 4.69) is 48.5 Å². The highest BCUT2D eigenvalue weighted by atomic mass is 14.3. The van der Waals surface area contributed by atoms with Gasteiger partial charge in [0.25, 0.3) is 0 Å². The van der Waals surface area contributed by atoms with E-state index in [1.807, 2.05) is 0 Å². The summed E-state index contributed by atoms with van der Waals surface area (Å²) < 4.78 is 0. The Labute approximate surface area is 104 Å². The van der Waals surface area contributed by atoms with Crippen molar-refractivity contribution in [2.24, 2.45) is 23.2 Å². The molecule has 0 amide bonds. The molecule has 0 rings (SSSR count). The molecule has 98 valence electrons. The maximum Gasteiger partial charge on any atom is -0.0328 e. The van der Waals surface area contributed by atoms with Gasteiger partial charge in [-0.1, -0.05) is 67.7 Å². The smallest absolute Gasteiger partial charge is 0.0328 e. The van der Waals surface area contributed by atoms with Gasteiger partial charge in [-0.25, -0.2) is 0 Å². The minimum atomic E-state index is 0.520. The lowest BCUT2D eigenvalue weighted by Crippen LogP contribution is -2.23. The highest BCUT2D eigenvalue weighted by Crippen LogP contribution is 2.37. The van der Waals surface area contributed by atoms with Gasteiger partial charge in [-0.15, -0.1) is 0 Å². The molecule has 0 bridgehead atoms. The summed E-state index contributed by atoms with van der Waals surface area (Å²) in [7, 11) is 0. The first-order valence-corrected chi connectivity index (χ1v) is 7.29. The van der Waals surface area contributed by atoms with E-state index >= 15 is 0 Å². The Bertz CT molecular complexity index is 167. The van der Waals surface area contributed by atoms with Crippen LogP contribution in [0.1, 0.15) is 80.6 Å². The second-order valence-electron chi connectivity index (χ2n) is 6.95. The van der Waals surface area contributed by atoms with Crippen LogP contribution in [0.5, 0.6) is 0 Å². The molecule has 0 saturated heterocycles. The second-order valence-corrected chi connectivity index (χ2v) is 6.95. The summed E-state index contributed by atoms with van der Waals surface area (Å²) in [6.45, 7) is 16.7. The molecule has 2 atom stereocenters. The molecule has 0 aromatic heterocycles. The summed E-state index contributed by atoms with van der Waals surface area (Å²) in [6, 6.07) is 0. The Morgan fingerprint density at radius 3 is 1.94 bits per heavy atom. The topological polar surface area (TPSA) is 0 Å². The average Bonchev–Trinajstić information content (AvgIpc) is 2.14. The Kier molecular flexibility index (Phi) is 7.35. The van der Waals surface area contributed by atoms with Gasteiger partial charge in [-0.05, 0) is 36.0 Å². The molecule has 0 aromatic carbocycles. The Balaban J connectivity index is 4.02. The Morgan fingerprint density at radius 2 is 1.50 bits per heavy atom. The molecule has 0 spiro atoms. The Hall–Kier alpha value is 0. The van der Waals surface area contributed by atoms with Gasteiger partial charge in [0.2, 0.25) is 0 Å². The SMILES string of the molecule is CCCC(C)CCC(C)(C)C(C)CC(C)C. The lowest BCUT2D eigenvalue weighted by molar-refractivity contribution is 0.169. The van der Waals surface area contributed by atoms with Crippen molar-refractivity contribution in [3.63, 3.8) is 0 Å². The molecule has 16 heavy (non-hydrogen) atoms. The normalized spacial score (nSPS) is 16.5. The highest BCUT2D eigenvalue weighted by Gasteiger charge is 2.26. The van der Waals surface area contributed by atoms with Gasteiger partial charge < -0.3 is 0 Å². The molecule has 0 aromatic rings. The first kappa shape index (κ1) is 16.0. The van der Waals surface area contributed by atoms with Crippen LogP contribution in [0.15, 0.2) is 0 Å². The van der Waals surface area contributed by atoms with Crippen LogP contribution in [0.25, 0.3) is 0 Å². The van der Waals surface area contributed by atoms with Crippen molar-refractivity contribution in [3.05, 3.63) is 0 Å². The standard InChI is InChI=1S/C16H34/c1-8-9-14(4)10-11-16(6,7)15(5)12-13(2)3/h13-15H,8-12H2,1-7H3. The molecule has 0 heteroatoms. The molecule has 2 unspecified atom stereocenters. The maximum atomic E-state index is 2.46. The molecule has 0 N–H and O–H groups in total. The summed E-state index contributed by atoms with van der Waals surface area (Å²) >= 11 is 0. The van der Waals surface area contributed by atoms with E-state index in [0.717, 1.165) is 17.8 Å². The van der Waals surface area contributed by atoms with Gasteiger partial charge in [0.05, 0.1) is 0 Å². The van der Waals surface area contributed by atoms with E-state index in [0.29, 0.717) is 5.41 Å². The van der Waals surface area contributed by atoms with Crippen LogP contribution in [-0.4, -0.2) is 0 Å². The lowest BCUT2D eigenvalue weighted by Gasteiger charge is -2.34. The zero-order valence-corrected chi connectivity index (χ0v) is 12.8. The monoisotopic (exact) mass is 226 g/mol. The third-order valence-electron chi connectivity index (χ3n) is 4.22. The minimum Gasteiger partial charge on any atom is -0.0654 e. The van der Waals surface area contributed by atoms with Crippen molar-refractivity contribution >= 4 is 0 Å². The maximum absolute atomic E-state index is 2.46. The number of rotatable bonds is 8. The summed E-state index contributed by atoms with van der Waals surface area (Å²) in [5.41, 5.74) is 0.520. The van der Waals surface area contributed by atoms with E-state index in [9.17, 15) is 0 Å². The van der Waals surface area contributed by atoms with Crippen LogP contribution in [0.4, 0.5) is 0 Å². The molecule has 0 heterocycles. The van der Waals surface area contributed by atoms with Gasteiger partial charge in [0, 0.05) is 0 Å². The van der Waals surface area contributed by atoms with E-state index in [4.69, 9.17) is 0 Å². The first-order valence-electron chi connectivity index (χ1n) is 7.29. The summed E-state index contributed by atoms with van der Waals surface area (Å²) in [6.07, 6.45) is 6.90. The van der Waals surface area contributed by atoms with Crippen LogP contribution >= 0.6 is 0 Å². The quantitative estimate of drug-likeness (QED) is 0.482. The molecule has 0 aliphatic heterocycles. The molecule has 0 nitrogen and oxygen atoms in total. The van der Waals surface area contributed by atoms with E-state index < -0.39 is 0 Å². The largest absolute Gasteiger partial charge is 0.0654 e. The van der Waals surface area contributed by atoms with Crippen LogP contribution < -0.4 is 0 Å². The van der Waals surface area contributed by atoms with Crippen molar-refractivity contribution in [1.82, 2.24) is 0 Å². The van der Waals surface area contributed by atoms with Gasteiger partial charge in [0.1, 0.15) is 0 Å². The summed E-state index contributed by atoms with van der Waals surface area (Å²) in [5.74, 6) is 2.60. The van der Waals surface area contributed by atoms with Crippen molar-refractivity contribution < 1.29 is 0 Å². The van der Waals surface area contributed by atoms with Crippen LogP contribution in [0, 0.1) is 23.2 Å². The lowest BCUT2D eigenvalue weighted by atomic mass is 9.72. The van der Waals surface area contributed by atoms with Crippen LogP contribution in [0.2, 0.25) is 0 Å². The zero-order valence-electron chi connectivity index (χ0n) is 12.8. The third-order valence-corrected chi connectivity index (χ3v) is 4.22. The van der Waals surface area contributed by atoms with Crippen LogP contribution in [0.3, 0.4) is 0 Å². The van der Waals surface area contributed by atoms with E-state index in [1.54, 1.807) is 0 Å². The molecule has 0 aliphatic rings. The first-order chi connectivity index (χ1) is 7.29. The molecule has 0 saturated carbocycles. The van der Waals surface area contributed by atoms with Crippen LogP contribution in [-0.2, 0) is 0 Å². The van der Waals surface area contributed by atoms with Crippen molar-refractivity contribution in [1.29, 1.82) is 0 Å². The van der Waals surface area contributed by atoms with Crippen molar-refractivity contribution in [2.45, 2.75) is 80.6 Å². The van der Waals surface area contributed by atoms with Gasteiger partial charge >= 0.3 is 0 Å². The minimum absolute atomic E-state index is 0.520. The molecular weight excluding hydrogens is 192 g/mol. The van der Waals surface area contributed by atoms with E-state index in [1.165, 1.54) is 32.1 Å². The zero-order chi connectivity index (χ0) is 12.8. The average molecular weight is 226 g/mol. The third kappa shape index (κ3) is 6.55. The predicted octanol–water partition coefficient (Wildman–Crippen LogP) is 5.91. The fraction of sp³-hybridized carbons (Fsp3) is 1.00. The fourth-order valence-electron chi connectivity index (χ4n) is 2.53. The van der Waals surface area contributed by atoms with Gasteiger partial charge in [-0.2, -0.15) is 0 Å². The Morgan fingerprint density at radius 1 is 0.938 bits per heavy atom. The van der Waals surface area contributed by atoms with Crippen molar-refractivity contribution in [2.75, 3.05) is 0 Å². The number of hydrogen-bond donors (Lipinski definition) is 0. The highest BCUT2D eigenvalue weighted by molar-refractivity contribution is 4.77. The fourth-order valence-corrected chi connectivity index (χ4v) is 2.53. The molecular formula is C16H34. The van der Waals surface area contributed by atoms with Crippen molar-refractivity contribution in [3.8, 4) is 0 Å².